The van der Waals surface area contributed by atoms with Crippen molar-refractivity contribution >= 4 is 0 Å². The van der Waals surface area contributed by atoms with Crippen LogP contribution in [0.3, 0.4) is 0 Å². The molecule has 0 radical (unpaired) electrons. The molecule has 0 aliphatic carbocycles. The fourth-order valence-electron chi connectivity index (χ4n) is 2.32. The van der Waals surface area contributed by atoms with E-state index >= 15 is 0 Å². The molecule has 1 atom stereocenters. The highest BCUT2D eigenvalue weighted by molar-refractivity contribution is 5.30. The van der Waals surface area contributed by atoms with E-state index in [2.05, 4.69) is 50.2 Å². The van der Waals surface area contributed by atoms with E-state index in [-0.39, 0.29) is 0 Å². The van der Waals surface area contributed by atoms with Crippen LogP contribution in [-0.2, 0) is 0 Å². The second kappa shape index (κ2) is 7.95. The van der Waals surface area contributed by atoms with E-state index in [9.17, 15) is 0 Å². The maximum absolute atomic E-state index is 5.33. The van der Waals surface area contributed by atoms with E-state index in [1.807, 2.05) is 0 Å². The Morgan fingerprint density at radius 2 is 1.89 bits per heavy atom. The molecule has 0 heterocycles. The van der Waals surface area contributed by atoms with E-state index < -0.39 is 0 Å². The minimum atomic E-state index is 0.442. The molecule has 1 aromatic carbocycles. The molecule has 0 saturated heterocycles. The van der Waals surface area contributed by atoms with Crippen LogP contribution in [0.15, 0.2) is 18.2 Å². The van der Waals surface area contributed by atoms with E-state index in [0.717, 1.165) is 32.2 Å². The molecule has 0 fully saturated rings. The molecule has 1 heteroatoms. The van der Waals surface area contributed by atoms with Gasteiger partial charge in [0.2, 0.25) is 0 Å². The minimum Gasteiger partial charge on any atom is -0.310 e. The lowest BCUT2D eigenvalue weighted by Gasteiger charge is -2.20. The summed E-state index contributed by atoms with van der Waals surface area (Å²) < 4.78 is 0. The number of rotatable bonds is 7. The highest BCUT2D eigenvalue weighted by Gasteiger charge is 2.10. The SMILES string of the molecule is C#CCCCC(NCCC)c1cc(C)cc(C)c1. The summed E-state index contributed by atoms with van der Waals surface area (Å²) in [6.07, 6.45) is 9.57. The van der Waals surface area contributed by atoms with E-state index in [4.69, 9.17) is 6.42 Å². The quantitative estimate of drug-likeness (QED) is 0.560. The Hall–Kier alpha value is -1.26. The van der Waals surface area contributed by atoms with Gasteiger partial charge in [-0.1, -0.05) is 36.2 Å². The standard InChI is InChI=1S/C17H25N/c1-5-7-8-9-17(18-10-6-2)16-12-14(3)11-15(4)13-16/h1,11-13,17-18H,6-10H2,2-4H3. The van der Waals surface area contributed by atoms with Crippen molar-refractivity contribution in [3.05, 3.63) is 34.9 Å². The molecule has 1 aromatic rings. The van der Waals surface area contributed by atoms with E-state index in [1.54, 1.807) is 0 Å². The van der Waals surface area contributed by atoms with E-state index in [1.165, 1.54) is 16.7 Å². The molecule has 0 spiro atoms. The van der Waals surface area contributed by atoms with Crippen LogP contribution in [0.1, 0.15) is 55.3 Å². The summed E-state index contributed by atoms with van der Waals surface area (Å²) in [5, 5.41) is 3.63. The van der Waals surface area contributed by atoms with Gasteiger partial charge in [0.15, 0.2) is 0 Å². The Balaban J connectivity index is 2.76. The van der Waals surface area contributed by atoms with Crippen LogP contribution in [0.4, 0.5) is 0 Å². The maximum atomic E-state index is 5.33. The highest BCUT2D eigenvalue weighted by Crippen LogP contribution is 2.22. The molecule has 1 nitrogen and oxygen atoms in total. The number of benzene rings is 1. The van der Waals surface area contributed by atoms with Crippen LogP contribution >= 0.6 is 0 Å². The van der Waals surface area contributed by atoms with Crippen molar-refractivity contribution < 1.29 is 0 Å². The Bertz CT molecular complexity index is 380. The predicted molar refractivity (Wildman–Crippen MR) is 79.6 cm³/mol. The Morgan fingerprint density at radius 1 is 1.22 bits per heavy atom. The van der Waals surface area contributed by atoms with Gasteiger partial charge in [0, 0.05) is 12.5 Å². The molecule has 0 aliphatic heterocycles. The van der Waals surface area contributed by atoms with Gasteiger partial charge >= 0.3 is 0 Å². The first-order valence-electron chi connectivity index (χ1n) is 6.92. The third-order valence-electron chi connectivity index (χ3n) is 3.10. The number of nitrogens with one attached hydrogen (secondary N) is 1. The zero-order valence-corrected chi connectivity index (χ0v) is 11.9. The molecule has 98 valence electrons. The molecule has 0 aromatic heterocycles. The second-order valence-corrected chi connectivity index (χ2v) is 5.02. The van der Waals surface area contributed by atoms with Crippen molar-refractivity contribution in [1.29, 1.82) is 0 Å². The molecule has 1 N–H and O–H groups in total. The number of hydrogen-bond donors (Lipinski definition) is 1. The summed E-state index contributed by atoms with van der Waals surface area (Å²) >= 11 is 0. The van der Waals surface area contributed by atoms with Crippen LogP contribution < -0.4 is 5.32 Å². The molecule has 0 bridgehead atoms. The van der Waals surface area contributed by atoms with Gasteiger partial charge in [-0.15, -0.1) is 12.3 Å². The van der Waals surface area contributed by atoms with Crippen LogP contribution in [0.2, 0.25) is 0 Å². The average Bonchev–Trinajstić information content (AvgIpc) is 2.32. The van der Waals surface area contributed by atoms with Gasteiger partial charge in [-0.2, -0.15) is 0 Å². The van der Waals surface area contributed by atoms with Gasteiger partial charge in [-0.05, 0) is 45.2 Å². The van der Waals surface area contributed by atoms with Crippen molar-refractivity contribution in [2.45, 2.75) is 52.5 Å². The topological polar surface area (TPSA) is 12.0 Å². The van der Waals surface area contributed by atoms with E-state index in [0.29, 0.717) is 6.04 Å². The summed E-state index contributed by atoms with van der Waals surface area (Å²) in [6.45, 7) is 7.59. The number of aryl methyl sites for hydroxylation is 2. The van der Waals surface area contributed by atoms with Gasteiger partial charge < -0.3 is 5.32 Å². The highest BCUT2D eigenvalue weighted by atomic mass is 14.9. The predicted octanol–water partition coefficient (Wildman–Crippen LogP) is 4.15. The molecule has 1 rings (SSSR count). The first-order valence-corrected chi connectivity index (χ1v) is 6.92. The molecule has 0 amide bonds. The van der Waals surface area contributed by atoms with Crippen molar-refractivity contribution in [3.63, 3.8) is 0 Å². The van der Waals surface area contributed by atoms with Crippen LogP contribution in [0.5, 0.6) is 0 Å². The molecule has 1 unspecified atom stereocenters. The average molecular weight is 243 g/mol. The number of unbranched alkanes of at least 4 members (excludes halogenated alkanes) is 1. The monoisotopic (exact) mass is 243 g/mol. The fourth-order valence-corrected chi connectivity index (χ4v) is 2.32. The minimum absolute atomic E-state index is 0.442. The van der Waals surface area contributed by atoms with Crippen molar-refractivity contribution in [2.24, 2.45) is 0 Å². The second-order valence-electron chi connectivity index (χ2n) is 5.02. The molecule has 18 heavy (non-hydrogen) atoms. The van der Waals surface area contributed by atoms with Crippen molar-refractivity contribution in [2.75, 3.05) is 6.54 Å². The molecular formula is C17H25N. The first-order chi connectivity index (χ1) is 8.67. The van der Waals surface area contributed by atoms with Crippen LogP contribution in [0.25, 0.3) is 0 Å². The number of terminal acetylenes is 1. The largest absolute Gasteiger partial charge is 0.310 e. The lowest BCUT2D eigenvalue weighted by atomic mass is 9.97. The maximum Gasteiger partial charge on any atom is 0.0320 e. The van der Waals surface area contributed by atoms with Crippen molar-refractivity contribution in [3.8, 4) is 12.3 Å². The van der Waals surface area contributed by atoms with Gasteiger partial charge in [0.1, 0.15) is 0 Å². The van der Waals surface area contributed by atoms with Crippen LogP contribution in [0, 0.1) is 26.2 Å². The zero-order valence-electron chi connectivity index (χ0n) is 11.9. The van der Waals surface area contributed by atoms with Gasteiger partial charge in [-0.3, -0.25) is 0 Å². The first kappa shape index (κ1) is 14.8. The molecule has 0 saturated carbocycles. The molecule has 0 aliphatic rings. The smallest absolute Gasteiger partial charge is 0.0320 e. The fraction of sp³-hybridized carbons (Fsp3) is 0.529. The van der Waals surface area contributed by atoms with Gasteiger partial charge in [-0.25, -0.2) is 0 Å². The summed E-state index contributed by atoms with van der Waals surface area (Å²) in [6, 6.07) is 7.24. The van der Waals surface area contributed by atoms with Crippen molar-refractivity contribution in [1.82, 2.24) is 5.32 Å². The number of hydrogen-bond acceptors (Lipinski definition) is 1. The third kappa shape index (κ3) is 4.94. The molecular weight excluding hydrogens is 218 g/mol. The van der Waals surface area contributed by atoms with Gasteiger partial charge in [0.25, 0.3) is 0 Å². The Morgan fingerprint density at radius 3 is 2.44 bits per heavy atom. The lowest BCUT2D eigenvalue weighted by Crippen LogP contribution is -2.22. The summed E-state index contributed by atoms with van der Waals surface area (Å²) in [5.41, 5.74) is 4.08. The summed E-state index contributed by atoms with van der Waals surface area (Å²) in [7, 11) is 0. The lowest BCUT2D eigenvalue weighted by molar-refractivity contribution is 0.487. The summed E-state index contributed by atoms with van der Waals surface area (Å²) in [4.78, 5) is 0. The van der Waals surface area contributed by atoms with Crippen LogP contribution in [-0.4, -0.2) is 6.54 Å². The summed E-state index contributed by atoms with van der Waals surface area (Å²) in [5.74, 6) is 2.73. The normalized spacial score (nSPS) is 12.1. The Labute approximate surface area is 112 Å². The Kier molecular flexibility index (Phi) is 6.54. The third-order valence-corrected chi connectivity index (χ3v) is 3.10. The van der Waals surface area contributed by atoms with Gasteiger partial charge in [0.05, 0.1) is 0 Å². The zero-order chi connectivity index (χ0) is 13.4.